The lowest BCUT2D eigenvalue weighted by Crippen LogP contribution is -2.50. The fourth-order valence-electron chi connectivity index (χ4n) is 2.57. The molecule has 0 saturated carbocycles. The summed E-state index contributed by atoms with van der Waals surface area (Å²) in [6.07, 6.45) is 0.178. The van der Waals surface area contributed by atoms with Gasteiger partial charge in [0, 0.05) is 29.6 Å². The van der Waals surface area contributed by atoms with Crippen molar-refractivity contribution >= 4 is 15.9 Å². The van der Waals surface area contributed by atoms with Crippen molar-refractivity contribution in [1.29, 1.82) is 0 Å². The summed E-state index contributed by atoms with van der Waals surface area (Å²) in [6, 6.07) is 5.04. The van der Waals surface area contributed by atoms with Crippen LogP contribution in [-0.4, -0.2) is 36.7 Å². The molecule has 0 radical (unpaired) electrons. The molecule has 3 atom stereocenters. The lowest BCUT2D eigenvalue weighted by atomic mass is 10.0. The van der Waals surface area contributed by atoms with Gasteiger partial charge in [-0.15, -0.1) is 0 Å². The smallest absolute Gasteiger partial charge is 0.123 e. The summed E-state index contributed by atoms with van der Waals surface area (Å²) in [4.78, 5) is 2.30. The monoisotopic (exact) mass is 330 g/mol. The van der Waals surface area contributed by atoms with Gasteiger partial charge in [-0.25, -0.2) is 4.39 Å². The van der Waals surface area contributed by atoms with E-state index in [4.69, 9.17) is 10.5 Å². The Balaban J connectivity index is 2.30. The third-order valence-electron chi connectivity index (χ3n) is 3.60. The van der Waals surface area contributed by atoms with Crippen molar-refractivity contribution in [1.82, 2.24) is 4.90 Å². The van der Waals surface area contributed by atoms with Crippen LogP contribution in [0.25, 0.3) is 0 Å². The first-order chi connectivity index (χ1) is 9.02. The summed E-state index contributed by atoms with van der Waals surface area (Å²) >= 11 is 3.49. The summed E-state index contributed by atoms with van der Waals surface area (Å²) in [5.74, 6) is -0.231. The van der Waals surface area contributed by atoms with E-state index in [2.05, 4.69) is 27.8 Å². The Morgan fingerprint density at radius 1 is 1.53 bits per heavy atom. The highest BCUT2D eigenvalue weighted by Gasteiger charge is 2.30. The van der Waals surface area contributed by atoms with E-state index >= 15 is 0 Å². The molecule has 5 heteroatoms. The van der Waals surface area contributed by atoms with Crippen LogP contribution in [0.3, 0.4) is 0 Å². The maximum atomic E-state index is 13.5. The highest BCUT2D eigenvalue weighted by Crippen LogP contribution is 2.31. The van der Waals surface area contributed by atoms with E-state index in [0.29, 0.717) is 13.2 Å². The quantitative estimate of drug-likeness (QED) is 0.926. The predicted octanol–water partition coefficient (Wildman–Crippen LogP) is 2.70. The summed E-state index contributed by atoms with van der Waals surface area (Å²) < 4.78 is 20.0. The fourth-order valence-corrected chi connectivity index (χ4v) is 3.09. The molecule has 1 aliphatic heterocycles. The molecule has 0 spiro atoms. The average Bonchev–Trinajstić information content (AvgIpc) is 2.38. The third kappa shape index (κ3) is 3.34. The minimum atomic E-state index is -0.231. The number of rotatable bonds is 3. The van der Waals surface area contributed by atoms with Crippen molar-refractivity contribution in [2.75, 3.05) is 19.7 Å². The first-order valence-corrected chi connectivity index (χ1v) is 7.34. The van der Waals surface area contributed by atoms with Crippen LogP contribution in [0.4, 0.5) is 4.39 Å². The van der Waals surface area contributed by atoms with Gasteiger partial charge in [-0.3, -0.25) is 4.90 Å². The molecule has 1 saturated heterocycles. The van der Waals surface area contributed by atoms with Crippen LogP contribution in [0.2, 0.25) is 0 Å². The van der Waals surface area contributed by atoms with Gasteiger partial charge in [0.15, 0.2) is 0 Å². The fraction of sp³-hybridized carbons (Fsp3) is 0.571. The highest BCUT2D eigenvalue weighted by atomic mass is 79.9. The van der Waals surface area contributed by atoms with E-state index in [1.165, 1.54) is 6.07 Å². The number of halogens is 2. The second-order valence-corrected chi connectivity index (χ2v) is 5.96. The van der Waals surface area contributed by atoms with Crippen molar-refractivity contribution < 1.29 is 9.13 Å². The van der Waals surface area contributed by atoms with Crippen LogP contribution in [0.1, 0.15) is 25.5 Å². The Hall–Kier alpha value is -0.490. The Bertz CT molecular complexity index is 443. The van der Waals surface area contributed by atoms with Gasteiger partial charge < -0.3 is 10.5 Å². The normalized spacial score (nSPS) is 26.4. The number of nitrogens with zero attached hydrogens (tertiary/aromatic N) is 1. The number of hydrogen-bond donors (Lipinski definition) is 1. The van der Waals surface area contributed by atoms with Crippen LogP contribution in [0, 0.1) is 5.82 Å². The molecule has 2 N–H and O–H groups in total. The highest BCUT2D eigenvalue weighted by molar-refractivity contribution is 9.10. The largest absolute Gasteiger partial charge is 0.376 e. The van der Waals surface area contributed by atoms with Gasteiger partial charge in [0.1, 0.15) is 5.82 Å². The molecule has 3 unspecified atom stereocenters. The Labute approximate surface area is 122 Å². The zero-order chi connectivity index (χ0) is 14.0. The lowest BCUT2D eigenvalue weighted by molar-refractivity contribution is -0.0655. The van der Waals surface area contributed by atoms with Gasteiger partial charge in [-0.2, -0.15) is 0 Å². The van der Waals surface area contributed by atoms with E-state index < -0.39 is 0 Å². The van der Waals surface area contributed by atoms with Gasteiger partial charge in [0.05, 0.1) is 12.7 Å². The first-order valence-electron chi connectivity index (χ1n) is 6.55. The predicted molar refractivity (Wildman–Crippen MR) is 77.5 cm³/mol. The first kappa shape index (κ1) is 14.9. The van der Waals surface area contributed by atoms with E-state index in [-0.39, 0.29) is 24.0 Å². The van der Waals surface area contributed by atoms with Crippen LogP contribution < -0.4 is 5.73 Å². The summed E-state index contributed by atoms with van der Waals surface area (Å²) in [5, 5.41) is 0. The van der Waals surface area contributed by atoms with E-state index in [9.17, 15) is 4.39 Å². The van der Waals surface area contributed by atoms with Crippen molar-refractivity contribution in [3.63, 3.8) is 0 Å². The van der Waals surface area contributed by atoms with Crippen molar-refractivity contribution in [3.05, 3.63) is 34.1 Å². The zero-order valence-electron chi connectivity index (χ0n) is 11.3. The van der Waals surface area contributed by atoms with Gasteiger partial charge in [0.25, 0.3) is 0 Å². The molecule has 0 aliphatic carbocycles. The minimum Gasteiger partial charge on any atom is -0.376 e. The SMILES string of the molecule is CC1CN(C(CN)c2cc(F)ccc2Br)C(C)CO1. The van der Waals surface area contributed by atoms with Crippen LogP contribution in [0.15, 0.2) is 22.7 Å². The molecule has 106 valence electrons. The minimum absolute atomic E-state index is 0.00595. The van der Waals surface area contributed by atoms with Crippen molar-refractivity contribution in [2.45, 2.75) is 32.0 Å². The molecule has 19 heavy (non-hydrogen) atoms. The number of benzene rings is 1. The van der Waals surface area contributed by atoms with E-state index in [1.54, 1.807) is 12.1 Å². The Morgan fingerprint density at radius 3 is 2.95 bits per heavy atom. The molecule has 1 aromatic rings. The van der Waals surface area contributed by atoms with Crippen molar-refractivity contribution in [3.8, 4) is 0 Å². The number of ether oxygens (including phenoxy) is 1. The Kier molecular flexibility index (Phi) is 4.95. The van der Waals surface area contributed by atoms with E-state index in [0.717, 1.165) is 16.6 Å². The zero-order valence-corrected chi connectivity index (χ0v) is 12.9. The maximum absolute atomic E-state index is 13.5. The molecule has 1 fully saturated rings. The van der Waals surface area contributed by atoms with E-state index in [1.807, 2.05) is 6.92 Å². The molecule has 2 rings (SSSR count). The molecule has 1 heterocycles. The van der Waals surface area contributed by atoms with Gasteiger partial charge in [-0.1, -0.05) is 15.9 Å². The van der Waals surface area contributed by atoms with Crippen LogP contribution in [-0.2, 0) is 4.74 Å². The lowest BCUT2D eigenvalue weighted by Gasteiger charge is -2.42. The molecule has 1 aliphatic rings. The third-order valence-corrected chi connectivity index (χ3v) is 4.32. The molecule has 0 amide bonds. The number of nitrogens with two attached hydrogens (primary N) is 1. The molecule has 0 bridgehead atoms. The Morgan fingerprint density at radius 2 is 2.26 bits per heavy atom. The molecular formula is C14H20BrFN2O. The summed E-state index contributed by atoms with van der Waals surface area (Å²) in [6.45, 7) is 6.12. The molecule has 1 aromatic carbocycles. The van der Waals surface area contributed by atoms with Crippen LogP contribution >= 0.6 is 15.9 Å². The van der Waals surface area contributed by atoms with Crippen LogP contribution in [0.5, 0.6) is 0 Å². The van der Waals surface area contributed by atoms with Gasteiger partial charge >= 0.3 is 0 Å². The standard InChI is InChI=1S/C14H20BrFN2O/c1-9-8-19-10(2)7-18(9)14(6-17)12-5-11(16)3-4-13(12)15/h3-5,9-10,14H,6-8,17H2,1-2H3. The molecule has 0 aromatic heterocycles. The maximum Gasteiger partial charge on any atom is 0.123 e. The summed E-state index contributed by atoms with van der Waals surface area (Å²) in [7, 11) is 0. The average molecular weight is 331 g/mol. The number of hydrogen-bond acceptors (Lipinski definition) is 3. The van der Waals surface area contributed by atoms with Crippen molar-refractivity contribution in [2.24, 2.45) is 5.73 Å². The topological polar surface area (TPSA) is 38.5 Å². The molecule has 3 nitrogen and oxygen atoms in total. The second-order valence-electron chi connectivity index (χ2n) is 5.11. The summed E-state index contributed by atoms with van der Waals surface area (Å²) in [5.41, 5.74) is 6.84. The second kappa shape index (κ2) is 6.31. The van der Waals surface area contributed by atoms with Gasteiger partial charge in [-0.05, 0) is 37.6 Å². The van der Waals surface area contributed by atoms with Gasteiger partial charge in [0.2, 0.25) is 0 Å². The molecular weight excluding hydrogens is 311 g/mol. The number of morpholine rings is 1.